The molecule has 0 aliphatic carbocycles. The van der Waals surface area contributed by atoms with Crippen molar-refractivity contribution >= 4 is 74.8 Å². The van der Waals surface area contributed by atoms with E-state index in [-0.39, 0.29) is 22.2 Å². The summed E-state index contributed by atoms with van der Waals surface area (Å²) in [7, 11) is 0. The van der Waals surface area contributed by atoms with Crippen molar-refractivity contribution in [3.63, 3.8) is 0 Å². The van der Waals surface area contributed by atoms with Crippen LogP contribution >= 0.6 is 46.2 Å². The number of hydrogen-bond donors (Lipinski definition) is 2. The van der Waals surface area contributed by atoms with Gasteiger partial charge >= 0.3 is 5.97 Å². The lowest BCUT2D eigenvalue weighted by atomic mass is 9.80. The summed E-state index contributed by atoms with van der Waals surface area (Å²) in [4.78, 5) is 56.9. The molecule has 2 aromatic heterocycles. The Kier molecular flexibility index (Phi) is 12.7. The van der Waals surface area contributed by atoms with Gasteiger partial charge in [-0.3, -0.25) is 14.5 Å². The molecule has 1 fully saturated rings. The molecule has 0 saturated carbocycles. The minimum atomic E-state index is -1.31. The first kappa shape index (κ1) is 42.7. The Morgan fingerprint density at radius 3 is 1.89 bits per heavy atom. The van der Waals surface area contributed by atoms with Crippen molar-refractivity contribution in [2.45, 2.75) is 35.8 Å². The van der Waals surface area contributed by atoms with Crippen LogP contribution in [-0.2, 0) is 35.3 Å². The van der Waals surface area contributed by atoms with Crippen molar-refractivity contribution in [2.24, 2.45) is 5.16 Å². The number of thioether (sulfide) groups is 2. The van der Waals surface area contributed by atoms with E-state index in [2.05, 4.69) is 25.7 Å². The molecule has 0 spiro atoms. The molecule has 7 aromatic rings. The van der Waals surface area contributed by atoms with Gasteiger partial charge in [0, 0.05) is 32.7 Å². The van der Waals surface area contributed by atoms with Crippen LogP contribution in [0.2, 0.25) is 0 Å². The fraction of sp³-hybridized carbons (Fsp3) is 0.146. The number of oxime groups is 1. The third-order valence-electron chi connectivity index (χ3n) is 10.6. The molecule has 2 amide bonds. The van der Waals surface area contributed by atoms with Gasteiger partial charge in [-0.1, -0.05) is 157 Å². The minimum absolute atomic E-state index is 0.130. The number of β-lactam (4-membered cyclic amide) rings is 1. The van der Waals surface area contributed by atoms with Crippen LogP contribution < -0.4 is 11.1 Å². The highest BCUT2D eigenvalue weighted by Gasteiger charge is 2.55. The highest BCUT2D eigenvalue weighted by molar-refractivity contribution is 8.05. The predicted octanol–water partition coefficient (Wildman–Crippen LogP) is 8.48. The number of anilines is 1. The number of carbonyl (C=O) groups excluding carboxylic acids is 3. The number of esters is 1. The average molecular weight is 922 g/mol. The van der Waals surface area contributed by atoms with Gasteiger partial charge in [0.15, 0.2) is 16.9 Å². The molecular weight excluding hydrogens is 883 g/mol. The van der Waals surface area contributed by atoms with Crippen LogP contribution in [0.25, 0.3) is 0 Å². The Bertz CT molecular complexity index is 2690. The molecule has 2 aliphatic heterocycles. The molecule has 2 atom stereocenters. The number of nitrogens with zero attached hydrogens (tertiary/aromatic N) is 5. The summed E-state index contributed by atoms with van der Waals surface area (Å²) in [5.41, 5.74) is 8.76. The number of amides is 2. The third kappa shape index (κ3) is 8.69. The number of aryl methyl sites for hydroxylation is 1. The summed E-state index contributed by atoms with van der Waals surface area (Å²) in [6, 6.07) is 46.8. The zero-order valence-electron chi connectivity index (χ0n) is 34.1. The van der Waals surface area contributed by atoms with Gasteiger partial charge in [-0.2, -0.15) is 0 Å². The third-order valence-corrected chi connectivity index (χ3v) is 14.8. The van der Waals surface area contributed by atoms with Crippen molar-refractivity contribution < 1.29 is 24.0 Å². The highest BCUT2D eigenvalue weighted by atomic mass is 32.2. The van der Waals surface area contributed by atoms with Gasteiger partial charge in [-0.05, 0) is 18.1 Å². The van der Waals surface area contributed by atoms with Gasteiger partial charge in [0.05, 0.1) is 5.75 Å². The van der Waals surface area contributed by atoms with E-state index in [0.29, 0.717) is 16.4 Å². The van der Waals surface area contributed by atoms with Crippen LogP contribution in [0.15, 0.2) is 173 Å². The number of carbonyl (C=O) groups is 3. The molecule has 64 heavy (non-hydrogen) atoms. The number of rotatable bonds is 15. The van der Waals surface area contributed by atoms with Crippen LogP contribution in [0.3, 0.4) is 0 Å². The first-order valence-corrected chi connectivity index (χ1v) is 23.9. The summed E-state index contributed by atoms with van der Waals surface area (Å²) in [5, 5.41) is 18.8. The summed E-state index contributed by atoms with van der Waals surface area (Å²) < 4.78 is 6.36. The zero-order valence-corrected chi connectivity index (χ0v) is 37.4. The number of ether oxygens (including phenoxy) is 1. The van der Waals surface area contributed by atoms with Crippen LogP contribution in [0.5, 0.6) is 0 Å². The Labute approximate surface area is 385 Å². The van der Waals surface area contributed by atoms with Gasteiger partial charge in [0.25, 0.3) is 11.8 Å². The van der Waals surface area contributed by atoms with Crippen LogP contribution in [0.1, 0.15) is 49.6 Å². The maximum Gasteiger partial charge on any atom is 0.356 e. The number of nitrogens with one attached hydrogen (secondary N) is 1. The van der Waals surface area contributed by atoms with Crippen molar-refractivity contribution in [3.8, 4) is 0 Å². The fourth-order valence-corrected chi connectivity index (χ4v) is 11.5. The maximum absolute atomic E-state index is 14.6. The predicted molar refractivity (Wildman–Crippen MR) is 252 cm³/mol. The second-order valence-electron chi connectivity index (χ2n) is 14.6. The molecule has 5 aromatic carbocycles. The smallest absolute Gasteiger partial charge is 0.356 e. The van der Waals surface area contributed by atoms with Gasteiger partial charge in [0.1, 0.15) is 32.8 Å². The molecule has 12 nitrogen and oxygen atoms in total. The minimum Gasteiger partial charge on any atom is -0.448 e. The lowest BCUT2D eigenvalue weighted by Crippen LogP contribution is -2.71. The van der Waals surface area contributed by atoms with Crippen molar-refractivity contribution in [1.82, 2.24) is 25.4 Å². The molecule has 0 unspecified atom stereocenters. The second kappa shape index (κ2) is 19.0. The highest BCUT2D eigenvalue weighted by Crippen LogP contribution is 2.46. The van der Waals surface area contributed by atoms with E-state index < -0.39 is 40.9 Å². The normalized spacial score (nSPS) is 16.2. The molecule has 320 valence electrons. The second-order valence-corrected chi connectivity index (χ2v) is 19.0. The molecule has 4 heterocycles. The number of nitrogens with two attached hydrogens (primary N) is 1. The molecule has 3 N–H and O–H groups in total. The van der Waals surface area contributed by atoms with E-state index in [1.54, 1.807) is 5.38 Å². The van der Waals surface area contributed by atoms with Gasteiger partial charge < -0.3 is 20.6 Å². The van der Waals surface area contributed by atoms with Gasteiger partial charge in [-0.25, -0.2) is 9.78 Å². The van der Waals surface area contributed by atoms with E-state index in [1.807, 2.05) is 159 Å². The first-order chi connectivity index (χ1) is 31.3. The number of aromatic nitrogens is 3. The maximum atomic E-state index is 14.6. The Morgan fingerprint density at radius 2 is 1.39 bits per heavy atom. The van der Waals surface area contributed by atoms with Crippen LogP contribution in [-0.4, -0.2) is 60.7 Å². The SMILES string of the molecule is Cc1nnc(CSC2=C(C(=O)OC(c3ccccc3)c3ccccc3)N3C(=O)[C@@H](NC(=O)/C(=N\OC(c4ccccc4)(c4ccccc4)c4ccccc4)c4csc(N)n4)[C@@H]3SC2)s1. The zero-order chi connectivity index (χ0) is 44.0. The molecule has 16 heteroatoms. The number of hydrogen-bond acceptors (Lipinski definition) is 14. The summed E-state index contributed by atoms with van der Waals surface area (Å²) in [5.74, 6) is -1.04. The number of nitrogen functional groups attached to an aromatic ring is 1. The Morgan fingerprint density at radius 1 is 0.844 bits per heavy atom. The molecule has 1 saturated heterocycles. The molecule has 0 radical (unpaired) electrons. The lowest BCUT2D eigenvalue weighted by molar-refractivity contribution is -0.154. The average Bonchev–Trinajstić information content (AvgIpc) is 3.98. The van der Waals surface area contributed by atoms with Crippen LogP contribution in [0.4, 0.5) is 5.13 Å². The monoisotopic (exact) mass is 921 g/mol. The standard InChI is InChI=1S/C48H39N7O5S4/c1-30-52-53-38(64-30)29-61-37-28-62-45-40(44(57)55(45)41(37)46(58)59-42(31-17-7-2-8-18-31)32-19-9-3-10-20-32)51-43(56)39(36-27-63-47(49)50-36)54-60-48(33-21-11-4-12-22-33,34-23-13-5-14-24-34)35-25-15-6-16-26-35/h2-27,40,42,45H,28-29H2,1H3,(H2,49,50)(H,51,56)/b54-39-/t40-,45+/m1/s1. The first-order valence-electron chi connectivity index (χ1n) is 20.2. The molecule has 0 bridgehead atoms. The fourth-order valence-electron chi connectivity index (χ4n) is 7.58. The van der Waals surface area contributed by atoms with E-state index >= 15 is 0 Å². The van der Waals surface area contributed by atoms with E-state index in [4.69, 9.17) is 15.3 Å². The Balaban J connectivity index is 1.04. The largest absolute Gasteiger partial charge is 0.448 e. The summed E-state index contributed by atoms with van der Waals surface area (Å²) in [6.07, 6.45) is -0.751. The van der Waals surface area contributed by atoms with E-state index in [1.165, 1.54) is 39.8 Å². The topological polar surface area (TPSA) is 162 Å². The number of benzene rings is 5. The quantitative estimate of drug-likeness (QED) is 0.0334. The van der Waals surface area contributed by atoms with Gasteiger partial charge in [0.2, 0.25) is 5.60 Å². The van der Waals surface area contributed by atoms with Crippen molar-refractivity contribution in [2.75, 3.05) is 11.5 Å². The molecular formula is C48H39N7O5S4. The van der Waals surface area contributed by atoms with E-state index in [9.17, 15) is 14.4 Å². The molecule has 9 rings (SSSR count). The van der Waals surface area contributed by atoms with E-state index in [0.717, 1.165) is 49.2 Å². The van der Waals surface area contributed by atoms with Crippen molar-refractivity contribution in [1.29, 1.82) is 0 Å². The summed E-state index contributed by atoms with van der Waals surface area (Å²) >= 11 is 5.46. The number of thiazole rings is 1. The van der Waals surface area contributed by atoms with Crippen molar-refractivity contribution in [3.05, 3.63) is 211 Å². The van der Waals surface area contributed by atoms with Crippen LogP contribution in [0, 0.1) is 6.92 Å². The lowest BCUT2D eigenvalue weighted by Gasteiger charge is -2.49. The van der Waals surface area contributed by atoms with Gasteiger partial charge in [-0.15, -0.1) is 56.4 Å². The number of fused-ring (bicyclic) bond motifs is 1. The molecule has 2 aliphatic rings. The Hall–Kier alpha value is -6.59. The summed E-state index contributed by atoms with van der Waals surface area (Å²) in [6.45, 7) is 1.88.